The van der Waals surface area contributed by atoms with Gasteiger partial charge >= 0.3 is 0 Å². The summed E-state index contributed by atoms with van der Waals surface area (Å²) in [5.41, 5.74) is 2.46. The summed E-state index contributed by atoms with van der Waals surface area (Å²) in [5, 5.41) is 14.8. The van der Waals surface area contributed by atoms with Crippen LogP contribution >= 0.6 is 24.0 Å². The number of nitrogens with one attached hydrogen (secondary N) is 2. The van der Waals surface area contributed by atoms with Crippen molar-refractivity contribution in [2.24, 2.45) is 4.99 Å². The van der Waals surface area contributed by atoms with E-state index in [0.717, 1.165) is 29.1 Å². The largest absolute Gasteiger partial charge is 0.357 e. The number of aryl methyl sites for hydroxylation is 1. The van der Waals surface area contributed by atoms with E-state index in [2.05, 4.69) is 25.8 Å². The Bertz CT molecular complexity index is 1110. The Hall–Kier alpha value is -2.21. The van der Waals surface area contributed by atoms with Crippen molar-refractivity contribution in [1.29, 1.82) is 0 Å². The molecule has 3 aromatic rings. The molecule has 2 aromatic heterocycles. The lowest BCUT2D eigenvalue weighted by molar-refractivity contribution is 0.601. The molecular weight excluding hydrogens is 503 g/mol. The van der Waals surface area contributed by atoms with Gasteiger partial charge in [-0.25, -0.2) is 13.4 Å². The van der Waals surface area contributed by atoms with E-state index in [0.29, 0.717) is 23.9 Å². The molecule has 0 unspecified atom stereocenters. The van der Waals surface area contributed by atoms with E-state index in [1.54, 1.807) is 19.1 Å². The number of aromatic nitrogens is 3. The Balaban J connectivity index is 0.00000300. The van der Waals surface area contributed by atoms with Gasteiger partial charge in [0.2, 0.25) is 0 Å². The van der Waals surface area contributed by atoms with Crippen LogP contribution in [0.25, 0.3) is 5.65 Å². The average Bonchev–Trinajstić information content (AvgIpc) is 3.06. The molecule has 0 aliphatic rings. The summed E-state index contributed by atoms with van der Waals surface area (Å²) in [5.74, 6) is 1.44. The molecule has 0 spiro atoms. The second-order valence-corrected chi connectivity index (χ2v) is 8.45. The Kier molecular flexibility index (Phi) is 7.96. The highest BCUT2D eigenvalue weighted by Crippen LogP contribution is 2.17. The lowest BCUT2D eigenvalue weighted by Gasteiger charge is -2.11. The number of sulfone groups is 1. The van der Waals surface area contributed by atoms with E-state index in [9.17, 15) is 8.42 Å². The third-order valence-corrected chi connectivity index (χ3v) is 5.46. The first-order chi connectivity index (χ1) is 13.4. The number of hydrogen-bond donors (Lipinski definition) is 2. The predicted octanol–water partition coefficient (Wildman–Crippen LogP) is 2.31. The minimum atomic E-state index is -3.22. The molecule has 0 amide bonds. The van der Waals surface area contributed by atoms with Crippen molar-refractivity contribution in [2.75, 3.05) is 12.8 Å². The molecule has 10 heteroatoms. The Morgan fingerprint density at radius 3 is 2.66 bits per heavy atom. The lowest BCUT2D eigenvalue weighted by Crippen LogP contribution is -2.37. The second kappa shape index (κ2) is 10.0. The van der Waals surface area contributed by atoms with Crippen LogP contribution in [0.1, 0.15) is 23.9 Å². The maximum Gasteiger partial charge on any atom is 0.191 e. The van der Waals surface area contributed by atoms with Crippen molar-refractivity contribution < 1.29 is 8.42 Å². The fourth-order valence-electron chi connectivity index (χ4n) is 2.91. The first-order valence-corrected chi connectivity index (χ1v) is 10.9. The third-order valence-electron chi connectivity index (χ3n) is 4.20. The molecular formula is C19H25IN6O2S. The highest BCUT2D eigenvalue weighted by atomic mass is 127. The van der Waals surface area contributed by atoms with Crippen molar-refractivity contribution in [3.05, 3.63) is 59.5 Å². The summed E-state index contributed by atoms with van der Waals surface area (Å²) < 4.78 is 25.4. The monoisotopic (exact) mass is 528 g/mol. The number of nitrogens with zero attached hydrogens (tertiary/aromatic N) is 4. The summed E-state index contributed by atoms with van der Waals surface area (Å²) in [6.45, 7) is 5.42. The Morgan fingerprint density at radius 2 is 1.97 bits per heavy atom. The summed E-state index contributed by atoms with van der Waals surface area (Å²) in [6, 6.07) is 11.0. The second-order valence-electron chi connectivity index (χ2n) is 6.47. The number of aliphatic imine (C=N–C) groups is 1. The van der Waals surface area contributed by atoms with Crippen LogP contribution in [0.2, 0.25) is 0 Å². The van der Waals surface area contributed by atoms with Crippen molar-refractivity contribution in [1.82, 2.24) is 25.2 Å². The molecule has 29 heavy (non-hydrogen) atoms. The number of rotatable bonds is 6. The molecule has 0 saturated carbocycles. The fourth-order valence-corrected chi connectivity index (χ4v) is 3.87. The summed E-state index contributed by atoms with van der Waals surface area (Å²) in [4.78, 5) is 4.93. The normalized spacial score (nSPS) is 11.9. The SMILES string of the molecule is CCNC(=NCc1ccc(S(C)(=O)=O)c(C)c1)NCc1nnc2ccccn12.I. The minimum Gasteiger partial charge on any atom is -0.357 e. The third kappa shape index (κ3) is 5.89. The average molecular weight is 528 g/mol. The Labute approximate surface area is 187 Å². The van der Waals surface area contributed by atoms with Crippen LogP contribution in [0, 0.1) is 6.92 Å². The molecule has 3 rings (SSSR count). The van der Waals surface area contributed by atoms with Gasteiger partial charge in [-0.1, -0.05) is 18.2 Å². The zero-order valence-corrected chi connectivity index (χ0v) is 19.7. The Morgan fingerprint density at radius 1 is 1.17 bits per heavy atom. The molecule has 2 heterocycles. The van der Waals surface area contributed by atoms with Crippen molar-refractivity contribution >= 4 is 45.4 Å². The lowest BCUT2D eigenvalue weighted by atomic mass is 10.1. The molecule has 156 valence electrons. The first-order valence-electron chi connectivity index (χ1n) is 8.99. The predicted molar refractivity (Wildman–Crippen MR) is 124 cm³/mol. The number of halogens is 1. The summed E-state index contributed by atoms with van der Waals surface area (Å²) >= 11 is 0. The quantitative estimate of drug-likeness (QED) is 0.290. The maximum absolute atomic E-state index is 11.7. The number of pyridine rings is 1. The molecule has 0 fully saturated rings. The molecule has 0 atom stereocenters. The topological polar surface area (TPSA) is 101 Å². The van der Waals surface area contributed by atoms with Gasteiger partial charge in [-0.3, -0.25) is 4.40 Å². The standard InChI is InChI=1S/C19H24N6O2S.HI/c1-4-20-19(22-13-18-24-23-17-7-5-6-10-25(17)18)21-12-15-8-9-16(14(2)11-15)28(3,26)27;/h5-11H,4,12-13H2,1-3H3,(H2,20,21,22);1H. The van der Waals surface area contributed by atoms with E-state index < -0.39 is 9.84 Å². The number of hydrogen-bond acceptors (Lipinski definition) is 5. The summed E-state index contributed by atoms with van der Waals surface area (Å²) in [7, 11) is -3.22. The molecule has 1 aromatic carbocycles. The van der Waals surface area contributed by atoms with E-state index in [4.69, 9.17) is 0 Å². The van der Waals surface area contributed by atoms with Crippen LogP contribution in [-0.2, 0) is 22.9 Å². The molecule has 0 aliphatic heterocycles. The molecule has 8 nitrogen and oxygen atoms in total. The molecule has 2 N–H and O–H groups in total. The van der Waals surface area contributed by atoms with Gasteiger partial charge in [0, 0.05) is 19.0 Å². The van der Waals surface area contributed by atoms with Crippen molar-refractivity contribution in [3.63, 3.8) is 0 Å². The van der Waals surface area contributed by atoms with Crippen LogP contribution in [0.3, 0.4) is 0 Å². The van der Waals surface area contributed by atoms with Crippen LogP contribution in [-0.4, -0.2) is 41.8 Å². The number of guanidine groups is 1. The van der Waals surface area contributed by atoms with Gasteiger partial charge in [0.05, 0.1) is 18.0 Å². The van der Waals surface area contributed by atoms with Gasteiger partial charge in [-0.05, 0) is 43.2 Å². The van der Waals surface area contributed by atoms with Crippen LogP contribution in [0.4, 0.5) is 0 Å². The van der Waals surface area contributed by atoms with E-state index in [1.807, 2.05) is 41.8 Å². The molecule has 0 bridgehead atoms. The number of benzene rings is 1. The zero-order valence-electron chi connectivity index (χ0n) is 16.6. The van der Waals surface area contributed by atoms with Crippen molar-refractivity contribution in [2.45, 2.75) is 31.8 Å². The maximum atomic E-state index is 11.7. The highest BCUT2D eigenvalue weighted by Gasteiger charge is 2.11. The van der Waals surface area contributed by atoms with Gasteiger partial charge in [0.15, 0.2) is 27.3 Å². The van der Waals surface area contributed by atoms with Crippen molar-refractivity contribution in [3.8, 4) is 0 Å². The molecule has 0 aliphatic carbocycles. The van der Waals surface area contributed by atoms with Crippen LogP contribution in [0.5, 0.6) is 0 Å². The zero-order chi connectivity index (χ0) is 20.1. The minimum absolute atomic E-state index is 0. The summed E-state index contributed by atoms with van der Waals surface area (Å²) in [6.07, 6.45) is 3.14. The van der Waals surface area contributed by atoms with Crippen LogP contribution in [0.15, 0.2) is 52.5 Å². The first kappa shape index (κ1) is 23.1. The van der Waals surface area contributed by atoms with Gasteiger partial charge < -0.3 is 10.6 Å². The molecule has 0 saturated heterocycles. The fraction of sp³-hybridized carbons (Fsp3) is 0.316. The van der Waals surface area contributed by atoms with Gasteiger partial charge in [-0.2, -0.15) is 0 Å². The molecule has 0 radical (unpaired) electrons. The van der Waals surface area contributed by atoms with Gasteiger partial charge in [-0.15, -0.1) is 34.2 Å². The van der Waals surface area contributed by atoms with Crippen LogP contribution < -0.4 is 10.6 Å². The van der Waals surface area contributed by atoms with Gasteiger partial charge in [0.1, 0.15) is 0 Å². The van der Waals surface area contributed by atoms with E-state index in [-0.39, 0.29) is 24.0 Å². The van der Waals surface area contributed by atoms with E-state index >= 15 is 0 Å². The van der Waals surface area contributed by atoms with E-state index in [1.165, 1.54) is 6.26 Å². The number of fused-ring (bicyclic) bond motifs is 1. The van der Waals surface area contributed by atoms with Gasteiger partial charge in [0.25, 0.3) is 0 Å². The smallest absolute Gasteiger partial charge is 0.191 e. The highest BCUT2D eigenvalue weighted by molar-refractivity contribution is 14.0.